The minimum atomic E-state index is -4.79. The molecule has 3 rings (SSSR count). The Labute approximate surface area is 209 Å². The third-order valence-electron chi connectivity index (χ3n) is 5.42. The summed E-state index contributed by atoms with van der Waals surface area (Å²) in [4.78, 5) is 18.9. The topological polar surface area (TPSA) is 79.4 Å². The molecule has 0 unspecified atom stereocenters. The second-order valence-electron chi connectivity index (χ2n) is 7.81. The first-order valence-electron chi connectivity index (χ1n) is 10.1. The summed E-state index contributed by atoms with van der Waals surface area (Å²) in [6.07, 6.45) is 3.38. The number of benzene rings is 1. The summed E-state index contributed by atoms with van der Waals surface area (Å²) in [5.41, 5.74) is 0.255. The van der Waals surface area contributed by atoms with Crippen LogP contribution in [0.2, 0.25) is 10.0 Å². The van der Waals surface area contributed by atoms with E-state index in [1.54, 1.807) is 4.90 Å². The lowest BCUT2D eigenvalue weighted by molar-refractivity contribution is -0.147. The van der Waals surface area contributed by atoms with Gasteiger partial charge in [-0.3, -0.25) is 4.79 Å². The highest BCUT2D eigenvalue weighted by Gasteiger charge is 2.39. The largest absolute Gasteiger partial charge is 0.404 e. The number of likely N-dealkylation sites (tertiary alicyclic amines) is 1. The quantitative estimate of drug-likeness (QED) is 0.506. The Balaban J connectivity index is 2.05. The number of halogens is 5. The van der Waals surface area contributed by atoms with Crippen LogP contribution < -0.4 is 4.72 Å². The Kier molecular flexibility index (Phi) is 7.89. The first kappa shape index (κ1) is 26.8. The molecule has 0 radical (unpaired) electrons. The number of carbonyl (C=O) groups is 1. The van der Waals surface area contributed by atoms with E-state index in [9.17, 15) is 26.4 Å². The van der Waals surface area contributed by atoms with Crippen LogP contribution in [0.15, 0.2) is 17.0 Å². The van der Waals surface area contributed by atoms with Crippen LogP contribution in [0.3, 0.4) is 0 Å². The van der Waals surface area contributed by atoms with Crippen molar-refractivity contribution in [2.75, 3.05) is 6.54 Å². The molecule has 2 atom stereocenters. The molecule has 0 aliphatic carbocycles. The third kappa shape index (κ3) is 5.36. The number of nitrogens with zero attached hydrogens (tertiary/aromatic N) is 2. The minimum Gasteiger partial charge on any atom is -0.335 e. The summed E-state index contributed by atoms with van der Waals surface area (Å²) >= 11 is 13.6. The van der Waals surface area contributed by atoms with Crippen molar-refractivity contribution in [3.8, 4) is 22.8 Å². The van der Waals surface area contributed by atoms with Gasteiger partial charge in [0.05, 0.1) is 14.9 Å². The zero-order valence-electron chi connectivity index (χ0n) is 18.0. The molecule has 1 N–H and O–H groups in total. The first-order chi connectivity index (χ1) is 15.8. The lowest BCUT2D eigenvalue weighted by Gasteiger charge is -2.33. The maximum atomic E-state index is 13.3. The van der Waals surface area contributed by atoms with E-state index in [0.717, 1.165) is 36.7 Å². The predicted molar refractivity (Wildman–Crippen MR) is 126 cm³/mol. The van der Waals surface area contributed by atoms with Crippen molar-refractivity contribution in [2.45, 2.75) is 56.3 Å². The van der Waals surface area contributed by atoms with Gasteiger partial charge >= 0.3 is 6.18 Å². The minimum absolute atomic E-state index is 0.00152. The van der Waals surface area contributed by atoms with Gasteiger partial charge in [-0.2, -0.15) is 17.9 Å². The molecule has 2 heterocycles. The number of sulfonamides is 1. The number of nitrogens with one attached hydrogen (secondary N) is 1. The summed E-state index contributed by atoms with van der Waals surface area (Å²) in [6.45, 7) is 3.15. The van der Waals surface area contributed by atoms with Crippen molar-refractivity contribution in [3.63, 3.8) is 0 Å². The molecule has 1 aliphatic rings. The molecule has 1 aromatic heterocycles. The molecule has 1 aliphatic heterocycles. The van der Waals surface area contributed by atoms with Crippen molar-refractivity contribution in [1.82, 2.24) is 14.6 Å². The van der Waals surface area contributed by atoms with Crippen molar-refractivity contribution in [3.05, 3.63) is 32.9 Å². The van der Waals surface area contributed by atoms with Gasteiger partial charge in [-0.25, -0.2) is 13.4 Å². The van der Waals surface area contributed by atoms with Gasteiger partial charge in [0.2, 0.25) is 10.0 Å². The highest BCUT2D eigenvalue weighted by atomic mass is 35.5. The molecule has 1 amide bonds. The van der Waals surface area contributed by atoms with E-state index in [4.69, 9.17) is 29.6 Å². The second-order valence-corrected chi connectivity index (χ2v) is 11.2. The molecule has 2 aromatic rings. The number of hydrogen-bond donors (Lipinski definition) is 1. The number of alkyl halides is 3. The molecule has 0 saturated carbocycles. The number of rotatable bonds is 5. The molecule has 13 heteroatoms. The van der Waals surface area contributed by atoms with Crippen LogP contribution in [0.4, 0.5) is 13.2 Å². The number of aromatic nitrogens is 1. The third-order valence-corrected chi connectivity index (χ3v) is 9.02. The van der Waals surface area contributed by atoms with Crippen molar-refractivity contribution < 1.29 is 26.4 Å². The summed E-state index contributed by atoms with van der Waals surface area (Å²) in [7, 11) is -4.65. The van der Waals surface area contributed by atoms with Crippen molar-refractivity contribution >= 4 is 50.5 Å². The Hall–Kier alpha value is -1.84. The van der Waals surface area contributed by atoms with Gasteiger partial charge < -0.3 is 4.90 Å². The van der Waals surface area contributed by atoms with Gasteiger partial charge in [0.25, 0.3) is 5.91 Å². The highest BCUT2D eigenvalue weighted by molar-refractivity contribution is 7.89. The molecule has 0 bridgehead atoms. The van der Waals surface area contributed by atoms with Gasteiger partial charge in [-0.15, -0.1) is 17.8 Å². The number of carbonyl (C=O) groups excluding carboxylic acids is 1. The van der Waals surface area contributed by atoms with Gasteiger partial charge in [-0.1, -0.05) is 29.3 Å². The summed E-state index contributed by atoms with van der Waals surface area (Å²) in [5, 5.41) is -0.522. The lowest BCUT2D eigenvalue weighted by Crippen LogP contribution is -2.43. The zero-order chi connectivity index (χ0) is 25.4. The van der Waals surface area contributed by atoms with E-state index in [1.807, 2.05) is 6.92 Å². The molecule has 1 aromatic carbocycles. The Morgan fingerprint density at radius 3 is 2.59 bits per heavy atom. The lowest BCUT2D eigenvalue weighted by atomic mass is 10.0. The van der Waals surface area contributed by atoms with E-state index >= 15 is 0 Å². The smallest absolute Gasteiger partial charge is 0.335 e. The van der Waals surface area contributed by atoms with E-state index in [2.05, 4.69) is 10.9 Å². The first-order valence-corrected chi connectivity index (χ1v) is 13.2. The van der Waals surface area contributed by atoms with E-state index in [1.165, 1.54) is 10.8 Å². The molecular formula is C21H20Cl2F3N3O3S2. The average molecular weight is 554 g/mol. The van der Waals surface area contributed by atoms with E-state index < -0.39 is 32.2 Å². The maximum absolute atomic E-state index is 13.3. The van der Waals surface area contributed by atoms with Crippen LogP contribution in [0, 0.1) is 12.3 Å². The standard InChI is InChI=1S/C21H20Cl2F3N3O3S2/c1-4-15-27-18(20(30)29-10-6-5-7-11(29)2)19(33-15)13-8-9-14(17(23)16(13)22)34(31,32)28-12(3)21(24,25)26/h1,8-9,11-12,28H,5-7,10H2,2-3H3/t11-,12-/m0/s1. The Morgan fingerprint density at radius 2 is 2.00 bits per heavy atom. The highest BCUT2D eigenvalue weighted by Crippen LogP contribution is 2.42. The molecule has 6 nitrogen and oxygen atoms in total. The zero-order valence-corrected chi connectivity index (χ0v) is 21.2. The molecule has 0 spiro atoms. The fourth-order valence-electron chi connectivity index (χ4n) is 3.52. The van der Waals surface area contributed by atoms with Gasteiger partial charge in [0, 0.05) is 18.2 Å². The second kappa shape index (κ2) is 10.0. The number of hydrogen-bond acceptors (Lipinski definition) is 5. The Bertz CT molecular complexity index is 1260. The van der Waals surface area contributed by atoms with Crippen LogP contribution in [0.25, 0.3) is 10.4 Å². The molecule has 34 heavy (non-hydrogen) atoms. The van der Waals surface area contributed by atoms with Crippen LogP contribution in [0.5, 0.6) is 0 Å². The summed E-state index contributed by atoms with van der Waals surface area (Å²) in [5.74, 6) is 2.04. The molecular weight excluding hydrogens is 534 g/mol. The monoisotopic (exact) mass is 553 g/mol. The maximum Gasteiger partial charge on any atom is 0.404 e. The normalized spacial score (nSPS) is 17.9. The Morgan fingerprint density at radius 1 is 1.32 bits per heavy atom. The molecule has 184 valence electrons. The van der Waals surface area contributed by atoms with Crippen LogP contribution in [-0.4, -0.2) is 49.0 Å². The van der Waals surface area contributed by atoms with Crippen LogP contribution >= 0.6 is 34.5 Å². The molecule has 1 fully saturated rings. The number of piperidine rings is 1. The number of amides is 1. The predicted octanol–water partition coefficient (Wildman–Crippen LogP) is 5.34. The van der Waals surface area contributed by atoms with Gasteiger partial charge in [0.15, 0.2) is 5.01 Å². The van der Waals surface area contributed by atoms with E-state index in [-0.39, 0.29) is 33.2 Å². The van der Waals surface area contributed by atoms with Crippen molar-refractivity contribution in [1.29, 1.82) is 0 Å². The number of thiazole rings is 1. The number of terminal acetylenes is 1. The molecule has 1 saturated heterocycles. The van der Waals surface area contributed by atoms with Crippen LogP contribution in [-0.2, 0) is 10.0 Å². The fourth-order valence-corrected chi connectivity index (χ4v) is 6.57. The SMILES string of the molecule is C#Cc1nc(C(=O)N2CCCC[C@@H]2C)c(-c2ccc(S(=O)(=O)N[C@@H](C)C(F)(F)F)c(Cl)c2Cl)s1. The van der Waals surface area contributed by atoms with Gasteiger partial charge in [0.1, 0.15) is 16.6 Å². The van der Waals surface area contributed by atoms with E-state index in [0.29, 0.717) is 18.3 Å². The fraction of sp³-hybridized carbons (Fsp3) is 0.429. The summed E-state index contributed by atoms with van der Waals surface area (Å²) in [6, 6.07) is -0.0476. The average Bonchev–Trinajstić information content (AvgIpc) is 3.18. The van der Waals surface area contributed by atoms with Gasteiger partial charge in [-0.05, 0) is 45.1 Å². The van der Waals surface area contributed by atoms with Crippen LogP contribution in [0.1, 0.15) is 48.6 Å². The van der Waals surface area contributed by atoms with Crippen molar-refractivity contribution in [2.24, 2.45) is 0 Å². The summed E-state index contributed by atoms with van der Waals surface area (Å²) < 4.78 is 65.2.